The number of nitrogens with zero attached hydrogens (tertiary/aromatic N) is 2. The Morgan fingerprint density at radius 2 is 1.90 bits per heavy atom. The number of hydrogen-bond donors (Lipinski definition) is 1. The number of carboxylic acids is 1. The minimum atomic E-state index is -1.10. The summed E-state index contributed by atoms with van der Waals surface area (Å²) >= 11 is 0. The van der Waals surface area contributed by atoms with Crippen molar-refractivity contribution in [3.8, 4) is 0 Å². The van der Waals surface area contributed by atoms with Crippen LogP contribution in [-0.2, 0) is 0 Å². The highest BCUT2D eigenvalue weighted by atomic mass is 16.4. The molecule has 0 bridgehead atoms. The van der Waals surface area contributed by atoms with Gasteiger partial charge in [-0.3, -0.25) is 4.79 Å². The zero-order chi connectivity index (χ0) is 14.1. The average molecular weight is 274 g/mol. The number of aromatic carboxylic acids is 1. The third-order valence-electron chi connectivity index (χ3n) is 4.44. The maximum Gasteiger partial charge on any atom is 0.354 e. The van der Waals surface area contributed by atoms with E-state index in [1.807, 2.05) is 4.90 Å². The van der Waals surface area contributed by atoms with Crippen molar-refractivity contribution in [2.75, 3.05) is 6.54 Å². The van der Waals surface area contributed by atoms with Crippen LogP contribution < -0.4 is 0 Å². The van der Waals surface area contributed by atoms with Crippen molar-refractivity contribution in [1.82, 2.24) is 9.88 Å². The molecule has 1 unspecified atom stereocenters. The molecular weight excluding hydrogens is 256 g/mol. The molecule has 1 aliphatic heterocycles. The second kappa shape index (κ2) is 5.23. The van der Waals surface area contributed by atoms with Gasteiger partial charge in [0.25, 0.3) is 5.91 Å². The van der Waals surface area contributed by atoms with Gasteiger partial charge < -0.3 is 10.0 Å². The van der Waals surface area contributed by atoms with Crippen LogP contribution in [0.2, 0.25) is 0 Å². The standard InChI is InChI=1S/C15H18N2O3/c18-14(11-6-2-7-12(16-11)15(19)20)17-9-3-8-13(17)10-4-1-5-10/h2,6-7,10,13H,1,3-5,8-9H2,(H,19,20). The van der Waals surface area contributed by atoms with E-state index in [9.17, 15) is 9.59 Å². The third kappa shape index (κ3) is 2.28. The Morgan fingerprint density at radius 1 is 1.15 bits per heavy atom. The topological polar surface area (TPSA) is 70.5 Å². The highest BCUT2D eigenvalue weighted by Crippen LogP contribution is 2.37. The molecular formula is C15H18N2O3. The molecule has 5 heteroatoms. The zero-order valence-electron chi connectivity index (χ0n) is 11.3. The molecule has 106 valence electrons. The summed E-state index contributed by atoms with van der Waals surface area (Å²) in [6, 6.07) is 4.92. The van der Waals surface area contributed by atoms with E-state index in [0.29, 0.717) is 12.0 Å². The van der Waals surface area contributed by atoms with Crippen molar-refractivity contribution in [3.05, 3.63) is 29.6 Å². The first-order chi connectivity index (χ1) is 9.66. The molecule has 1 aromatic rings. The van der Waals surface area contributed by atoms with Gasteiger partial charge in [-0.25, -0.2) is 9.78 Å². The summed E-state index contributed by atoms with van der Waals surface area (Å²) in [6.07, 6.45) is 5.77. The Bertz CT molecular complexity index is 540. The smallest absolute Gasteiger partial charge is 0.354 e. The molecule has 2 fully saturated rings. The lowest BCUT2D eigenvalue weighted by molar-refractivity contribution is 0.0620. The van der Waals surface area contributed by atoms with E-state index in [1.165, 1.54) is 25.3 Å². The number of rotatable bonds is 3. The first-order valence-corrected chi connectivity index (χ1v) is 7.18. The van der Waals surface area contributed by atoms with Crippen LogP contribution in [-0.4, -0.2) is 39.5 Å². The SMILES string of the molecule is O=C(O)c1cccc(C(=O)N2CCCC2C2CCC2)n1. The summed E-state index contributed by atoms with van der Waals surface area (Å²) in [5.74, 6) is -0.594. The predicted octanol–water partition coefficient (Wildman–Crippen LogP) is 2.18. The first kappa shape index (κ1) is 13.1. The van der Waals surface area contributed by atoms with Crippen molar-refractivity contribution in [2.24, 2.45) is 5.92 Å². The highest BCUT2D eigenvalue weighted by Gasteiger charge is 2.37. The Labute approximate surface area is 117 Å². The minimum absolute atomic E-state index is 0.0739. The molecule has 1 atom stereocenters. The van der Waals surface area contributed by atoms with Crippen LogP contribution in [0.1, 0.15) is 53.1 Å². The van der Waals surface area contributed by atoms with Gasteiger partial charge in [0.1, 0.15) is 11.4 Å². The molecule has 5 nitrogen and oxygen atoms in total. The van der Waals surface area contributed by atoms with Crippen LogP contribution in [0, 0.1) is 5.92 Å². The van der Waals surface area contributed by atoms with Crippen molar-refractivity contribution in [3.63, 3.8) is 0 Å². The van der Waals surface area contributed by atoms with E-state index < -0.39 is 5.97 Å². The number of carboxylic acid groups (broad SMARTS) is 1. The molecule has 2 heterocycles. The van der Waals surface area contributed by atoms with Gasteiger partial charge in [0.15, 0.2) is 0 Å². The van der Waals surface area contributed by atoms with Gasteiger partial charge in [0.2, 0.25) is 0 Å². The molecule has 1 saturated carbocycles. The maximum absolute atomic E-state index is 12.5. The van der Waals surface area contributed by atoms with E-state index in [0.717, 1.165) is 19.4 Å². The van der Waals surface area contributed by atoms with E-state index in [4.69, 9.17) is 5.11 Å². The number of carbonyl (C=O) groups is 2. The molecule has 0 radical (unpaired) electrons. The molecule has 1 aromatic heterocycles. The summed E-state index contributed by atoms with van der Waals surface area (Å²) in [6.45, 7) is 0.763. The number of pyridine rings is 1. The monoisotopic (exact) mass is 274 g/mol. The third-order valence-corrected chi connectivity index (χ3v) is 4.44. The van der Waals surface area contributed by atoms with Gasteiger partial charge in [0, 0.05) is 12.6 Å². The molecule has 20 heavy (non-hydrogen) atoms. The van der Waals surface area contributed by atoms with Gasteiger partial charge in [-0.05, 0) is 43.7 Å². The number of aromatic nitrogens is 1. The number of hydrogen-bond acceptors (Lipinski definition) is 3. The van der Waals surface area contributed by atoms with Crippen LogP contribution in [0.15, 0.2) is 18.2 Å². The Hall–Kier alpha value is -1.91. The second-order valence-electron chi connectivity index (χ2n) is 5.61. The lowest BCUT2D eigenvalue weighted by Crippen LogP contribution is -2.42. The minimum Gasteiger partial charge on any atom is -0.477 e. The Balaban J connectivity index is 1.80. The van der Waals surface area contributed by atoms with E-state index >= 15 is 0 Å². The number of likely N-dealkylation sites (tertiary alicyclic amines) is 1. The number of carbonyl (C=O) groups excluding carboxylic acids is 1. The Kier molecular flexibility index (Phi) is 3.42. The summed E-state index contributed by atoms with van der Waals surface area (Å²) in [5.41, 5.74) is 0.173. The summed E-state index contributed by atoms with van der Waals surface area (Å²) < 4.78 is 0. The second-order valence-corrected chi connectivity index (χ2v) is 5.61. The average Bonchev–Trinajstić information content (AvgIpc) is 2.85. The largest absolute Gasteiger partial charge is 0.477 e. The molecule has 1 amide bonds. The van der Waals surface area contributed by atoms with E-state index in [2.05, 4.69) is 4.98 Å². The lowest BCUT2D eigenvalue weighted by atomic mass is 9.79. The van der Waals surface area contributed by atoms with E-state index in [-0.39, 0.29) is 17.3 Å². The van der Waals surface area contributed by atoms with Crippen LogP contribution in [0.4, 0.5) is 0 Å². The van der Waals surface area contributed by atoms with Gasteiger partial charge in [-0.15, -0.1) is 0 Å². The van der Waals surface area contributed by atoms with Crippen LogP contribution in [0.5, 0.6) is 0 Å². The lowest BCUT2D eigenvalue weighted by Gasteiger charge is -2.36. The summed E-state index contributed by atoms with van der Waals surface area (Å²) in [7, 11) is 0. The quantitative estimate of drug-likeness (QED) is 0.917. The molecule has 2 aliphatic rings. The summed E-state index contributed by atoms with van der Waals surface area (Å²) in [4.78, 5) is 29.3. The zero-order valence-corrected chi connectivity index (χ0v) is 11.3. The molecule has 1 N–H and O–H groups in total. The molecule has 0 aromatic carbocycles. The van der Waals surface area contributed by atoms with E-state index in [1.54, 1.807) is 12.1 Å². The molecule has 3 rings (SSSR count). The van der Waals surface area contributed by atoms with Crippen molar-refractivity contribution < 1.29 is 14.7 Å². The normalized spacial score (nSPS) is 22.6. The fourth-order valence-electron chi connectivity index (χ4n) is 3.18. The molecule has 1 aliphatic carbocycles. The maximum atomic E-state index is 12.5. The predicted molar refractivity (Wildman–Crippen MR) is 72.6 cm³/mol. The molecule has 1 saturated heterocycles. The van der Waals surface area contributed by atoms with Crippen molar-refractivity contribution in [2.45, 2.75) is 38.1 Å². The molecule has 0 spiro atoms. The first-order valence-electron chi connectivity index (χ1n) is 7.18. The van der Waals surface area contributed by atoms with Gasteiger partial charge in [-0.2, -0.15) is 0 Å². The fourth-order valence-corrected chi connectivity index (χ4v) is 3.18. The summed E-state index contributed by atoms with van der Waals surface area (Å²) in [5, 5.41) is 8.96. The van der Waals surface area contributed by atoms with Crippen molar-refractivity contribution in [1.29, 1.82) is 0 Å². The van der Waals surface area contributed by atoms with Crippen molar-refractivity contribution >= 4 is 11.9 Å². The highest BCUT2D eigenvalue weighted by molar-refractivity contribution is 5.94. The number of amides is 1. The van der Waals surface area contributed by atoms with Gasteiger partial charge in [0.05, 0.1) is 0 Å². The van der Waals surface area contributed by atoms with Crippen LogP contribution in [0.3, 0.4) is 0 Å². The fraction of sp³-hybridized carbons (Fsp3) is 0.533. The Morgan fingerprint density at radius 3 is 2.55 bits per heavy atom. The van der Waals surface area contributed by atoms with Crippen LogP contribution >= 0.6 is 0 Å². The van der Waals surface area contributed by atoms with Gasteiger partial charge >= 0.3 is 5.97 Å². The van der Waals surface area contributed by atoms with Gasteiger partial charge in [-0.1, -0.05) is 12.5 Å². The van der Waals surface area contributed by atoms with Crippen LogP contribution in [0.25, 0.3) is 0 Å².